The Hall–Kier alpha value is -1.43. The van der Waals surface area contributed by atoms with Gasteiger partial charge in [-0.15, -0.1) is 18.3 Å². The Morgan fingerprint density at radius 3 is 2.26 bits per heavy atom. The smallest absolute Gasteiger partial charge is 0.470 e. The number of nitrogens with one attached hydrogen (secondary N) is 1. The van der Waals surface area contributed by atoms with Crippen LogP contribution in [0.2, 0.25) is 0 Å². The molecule has 132 valence electrons. The summed E-state index contributed by atoms with van der Waals surface area (Å²) in [5, 5.41) is 9.40. The van der Waals surface area contributed by atoms with E-state index in [2.05, 4.69) is 86.0 Å². The van der Waals surface area contributed by atoms with Crippen LogP contribution in [0.4, 0.5) is 11.4 Å². The average Bonchev–Trinajstić information content (AvgIpc) is 3.19. The predicted molar refractivity (Wildman–Crippen MR) is 107 cm³/mol. The summed E-state index contributed by atoms with van der Waals surface area (Å²) in [6.07, 6.45) is 2.62. The van der Waals surface area contributed by atoms with Crippen LogP contribution >= 0.6 is 0 Å². The second-order valence-corrected chi connectivity index (χ2v) is 7.01. The van der Waals surface area contributed by atoms with Crippen LogP contribution in [-0.2, 0) is 5.41 Å². The monoisotopic (exact) mass is 381 g/mol. The number of hydrogen-bond donors (Lipinski definition) is 1. The second-order valence-electron chi connectivity index (χ2n) is 7.01. The first-order chi connectivity index (χ1) is 12.5. The normalized spacial score (nSPS) is 10.5. The zero-order valence-electron chi connectivity index (χ0n) is 16.3. The molecule has 1 N–H and O–H groups in total. The van der Waals surface area contributed by atoms with Crippen LogP contribution in [0.15, 0.2) is 77.3 Å². The van der Waals surface area contributed by atoms with Crippen LogP contribution in [0.25, 0.3) is 10.8 Å². The maximum Gasteiger partial charge on any atom is 1.00 e. The zero-order valence-corrected chi connectivity index (χ0v) is 19.4. The van der Waals surface area contributed by atoms with Crippen molar-refractivity contribution in [2.45, 2.75) is 26.2 Å². The van der Waals surface area contributed by atoms with Crippen LogP contribution in [-0.4, -0.2) is 5.16 Å². The van der Waals surface area contributed by atoms with Gasteiger partial charge in [0.2, 0.25) is 0 Å². The minimum atomic E-state index is 0. The van der Waals surface area contributed by atoms with E-state index in [1.807, 2.05) is 24.3 Å². The summed E-state index contributed by atoms with van der Waals surface area (Å²) in [4.78, 5) is 0. The maximum atomic E-state index is 4.89. The van der Waals surface area contributed by atoms with Gasteiger partial charge in [-0.2, -0.15) is 24.3 Å². The summed E-state index contributed by atoms with van der Waals surface area (Å²) >= 11 is 0. The second kappa shape index (κ2) is 10.2. The standard InChI is InChI=1S/C16H12N.C7H10NO.K/c1-2-9-14(10-3-1)17-16-12-6-8-13-7-4-5-11-15(13)16;1-7(2,3)6-4-5-8-9-6;/h2-12,17H;4H,1-3H3;/q2*-1;+1. The van der Waals surface area contributed by atoms with Crippen molar-refractivity contribution in [1.29, 1.82) is 0 Å². The molecule has 0 aliphatic carbocycles. The summed E-state index contributed by atoms with van der Waals surface area (Å²) in [6, 6.07) is 27.3. The third-order valence-electron chi connectivity index (χ3n) is 3.92. The van der Waals surface area contributed by atoms with Gasteiger partial charge in [-0.25, -0.2) is 5.16 Å². The number of aromatic nitrogens is 1. The predicted octanol–water partition coefficient (Wildman–Crippen LogP) is 3.16. The van der Waals surface area contributed by atoms with Crippen molar-refractivity contribution in [3.05, 3.63) is 90.8 Å². The van der Waals surface area contributed by atoms with Crippen LogP contribution in [0, 0.1) is 12.3 Å². The van der Waals surface area contributed by atoms with Gasteiger partial charge in [0.05, 0.1) is 0 Å². The number of hydrogen-bond acceptors (Lipinski definition) is 3. The van der Waals surface area contributed by atoms with E-state index in [4.69, 9.17) is 4.52 Å². The minimum Gasteiger partial charge on any atom is -0.470 e. The third-order valence-corrected chi connectivity index (χ3v) is 3.92. The van der Waals surface area contributed by atoms with Crippen LogP contribution < -0.4 is 56.7 Å². The van der Waals surface area contributed by atoms with E-state index in [9.17, 15) is 0 Å². The van der Waals surface area contributed by atoms with Crippen molar-refractivity contribution in [3.8, 4) is 0 Å². The molecule has 3 nitrogen and oxygen atoms in total. The molecule has 0 amide bonds. The molecule has 4 aromatic rings. The van der Waals surface area contributed by atoms with Crippen molar-refractivity contribution in [2.24, 2.45) is 0 Å². The fourth-order valence-corrected chi connectivity index (χ4v) is 2.50. The van der Waals surface area contributed by atoms with Crippen molar-refractivity contribution in [2.75, 3.05) is 5.32 Å². The summed E-state index contributed by atoms with van der Waals surface area (Å²) in [6.45, 7) is 6.21. The molecule has 0 saturated carbocycles. The first-order valence-corrected chi connectivity index (χ1v) is 8.58. The van der Waals surface area contributed by atoms with Crippen molar-refractivity contribution >= 4 is 22.1 Å². The van der Waals surface area contributed by atoms with Crippen molar-refractivity contribution in [3.63, 3.8) is 0 Å². The third kappa shape index (κ3) is 6.30. The average molecular weight is 382 g/mol. The Labute approximate surface area is 203 Å². The van der Waals surface area contributed by atoms with E-state index < -0.39 is 0 Å². The molecule has 0 aliphatic rings. The Kier molecular flexibility index (Phi) is 8.26. The molecule has 0 spiro atoms. The zero-order chi connectivity index (χ0) is 18.4. The van der Waals surface area contributed by atoms with Gasteiger partial charge in [-0.3, -0.25) is 0 Å². The summed E-state index contributed by atoms with van der Waals surface area (Å²) < 4.78 is 4.89. The van der Waals surface area contributed by atoms with Gasteiger partial charge < -0.3 is 9.84 Å². The van der Waals surface area contributed by atoms with Crippen LogP contribution in [0.3, 0.4) is 0 Å². The molecule has 1 aromatic heterocycles. The van der Waals surface area contributed by atoms with Crippen molar-refractivity contribution in [1.82, 2.24) is 5.16 Å². The largest absolute Gasteiger partial charge is 1.00 e. The molecule has 0 saturated heterocycles. The van der Waals surface area contributed by atoms with Gasteiger partial charge >= 0.3 is 51.4 Å². The Bertz CT molecular complexity index is 940. The molecular weight excluding hydrogens is 359 g/mol. The summed E-state index contributed by atoms with van der Waals surface area (Å²) in [7, 11) is 0. The van der Waals surface area contributed by atoms with Gasteiger partial charge in [0.15, 0.2) is 0 Å². The van der Waals surface area contributed by atoms with Gasteiger partial charge in [-0.1, -0.05) is 62.9 Å². The SMILES string of the molecule is CC(C)(C)c1c[c-]no1.[K+].[c-]1ccc(Nc2cccc3ccccc23)cc1. The number of nitrogens with zero attached hydrogens (tertiary/aromatic N) is 1. The molecular formula is C23H22KN2O-. The number of rotatable bonds is 2. The van der Waals surface area contributed by atoms with Crippen molar-refractivity contribution < 1.29 is 55.9 Å². The van der Waals surface area contributed by atoms with Gasteiger partial charge in [0.1, 0.15) is 0 Å². The molecule has 0 bridgehead atoms. The summed E-state index contributed by atoms with van der Waals surface area (Å²) in [5.41, 5.74) is 2.28. The minimum absolute atomic E-state index is 0. The Morgan fingerprint density at radius 1 is 0.926 bits per heavy atom. The van der Waals surface area contributed by atoms with E-state index in [-0.39, 0.29) is 56.8 Å². The van der Waals surface area contributed by atoms with Crippen LogP contribution in [0.1, 0.15) is 26.5 Å². The number of anilines is 2. The molecule has 0 radical (unpaired) electrons. The quantitative estimate of drug-likeness (QED) is 0.428. The maximum absolute atomic E-state index is 4.89. The van der Waals surface area contributed by atoms with Gasteiger partial charge in [-0.05, 0) is 22.6 Å². The van der Waals surface area contributed by atoms with Crippen LogP contribution in [0.5, 0.6) is 0 Å². The van der Waals surface area contributed by atoms with E-state index in [0.29, 0.717) is 0 Å². The molecule has 1 heterocycles. The van der Waals surface area contributed by atoms with Gasteiger partial charge in [0.25, 0.3) is 0 Å². The van der Waals surface area contributed by atoms with E-state index >= 15 is 0 Å². The molecule has 4 rings (SSSR count). The Balaban J connectivity index is 0.000000224. The van der Waals surface area contributed by atoms with E-state index in [0.717, 1.165) is 17.1 Å². The first kappa shape index (κ1) is 21.9. The van der Waals surface area contributed by atoms with E-state index in [1.54, 1.807) is 6.07 Å². The Morgan fingerprint density at radius 2 is 1.63 bits per heavy atom. The molecule has 0 unspecified atom stereocenters. The molecule has 0 aliphatic heterocycles. The molecule has 0 fully saturated rings. The fourth-order valence-electron chi connectivity index (χ4n) is 2.50. The molecule has 0 atom stereocenters. The topological polar surface area (TPSA) is 38.1 Å². The fraction of sp³-hybridized carbons (Fsp3) is 0.174. The summed E-state index contributed by atoms with van der Waals surface area (Å²) in [5.74, 6) is 0.877. The van der Waals surface area contributed by atoms with E-state index in [1.165, 1.54) is 10.8 Å². The molecule has 27 heavy (non-hydrogen) atoms. The van der Waals surface area contributed by atoms with Gasteiger partial charge in [0, 0.05) is 11.1 Å². The molecule has 3 aromatic carbocycles. The number of benzene rings is 3. The molecule has 4 heteroatoms. The first-order valence-electron chi connectivity index (χ1n) is 8.58. The number of fused-ring (bicyclic) bond motifs is 1.